The number of carbonyl (C=O) groups excluding carboxylic acids is 1. The molecule has 2 fully saturated rings. The first-order valence-electron chi connectivity index (χ1n) is 17.3. The molecule has 2 aromatic heterocycles. The summed E-state index contributed by atoms with van der Waals surface area (Å²) >= 11 is 1.55. The summed E-state index contributed by atoms with van der Waals surface area (Å²) in [4.78, 5) is 20.2. The quantitative estimate of drug-likeness (QED) is 0.0948. The Morgan fingerprint density at radius 3 is 2.23 bits per heavy atom. The summed E-state index contributed by atoms with van der Waals surface area (Å²) in [7, 11) is 1.77. The minimum atomic E-state index is -0.316. The van der Waals surface area contributed by atoms with E-state index in [4.69, 9.17) is 29.0 Å². The van der Waals surface area contributed by atoms with Gasteiger partial charge in [0.1, 0.15) is 16.9 Å². The van der Waals surface area contributed by atoms with Crippen LogP contribution in [0.25, 0.3) is 26.8 Å². The number of piperidine rings is 1. The summed E-state index contributed by atoms with van der Waals surface area (Å²) in [6, 6.07) is 16.3. The predicted octanol–water partition coefficient (Wildman–Crippen LogP) is 7.68. The molecule has 47 heavy (non-hydrogen) atoms. The zero-order valence-electron chi connectivity index (χ0n) is 27.8. The Balaban J connectivity index is 0.923. The lowest BCUT2D eigenvalue weighted by Gasteiger charge is -2.40. The van der Waals surface area contributed by atoms with Crippen LogP contribution in [-0.2, 0) is 14.2 Å². The van der Waals surface area contributed by atoms with Gasteiger partial charge in [-0.15, -0.1) is 0 Å². The first-order chi connectivity index (χ1) is 23.1. The summed E-state index contributed by atoms with van der Waals surface area (Å²) in [6.45, 7) is 6.15. The number of methoxy groups -OCH3 is 1. The van der Waals surface area contributed by atoms with E-state index < -0.39 is 0 Å². The van der Waals surface area contributed by atoms with Gasteiger partial charge in [0.25, 0.3) is 0 Å². The molecule has 252 valence electrons. The molecule has 2 aromatic carbocycles. The maximum Gasteiger partial charge on any atom is 0.338 e. The molecule has 2 aliphatic rings. The van der Waals surface area contributed by atoms with Gasteiger partial charge >= 0.3 is 5.97 Å². The number of fused-ring (bicyclic) bond motifs is 1. The van der Waals surface area contributed by atoms with Gasteiger partial charge in [-0.2, -0.15) is 5.10 Å². The first kappa shape index (κ1) is 33.6. The highest BCUT2D eigenvalue weighted by Crippen LogP contribution is 2.31. The summed E-state index contributed by atoms with van der Waals surface area (Å²) in [6.07, 6.45) is 14.4. The van der Waals surface area contributed by atoms with Crippen molar-refractivity contribution in [3.05, 3.63) is 60.3 Å². The standard InChI is InChI=1S/C37H48N4O5S/c1-3-44-36(42)29-10-8-27(9-11-29)34-26-41-37(38-34)47-35(39-41)28-12-16-32(17-13-28)46-33-20-22-40(23-21-33)30-14-18-31(19-15-30)45-25-7-5-4-6-24-43-2/h8-13,16-17,26,30-31,33H,3-7,14-15,18-25H2,1-2H3. The third-order valence-electron chi connectivity index (χ3n) is 9.37. The van der Waals surface area contributed by atoms with Gasteiger partial charge in [-0.1, -0.05) is 36.3 Å². The van der Waals surface area contributed by atoms with Gasteiger partial charge in [0.2, 0.25) is 4.96 Å². The van der Waals surface area contributed by atoms with E-state index in [1.165, 1.54) is 44.9 Å². The Morgan fingerprint density at radius 2 is 1.55 bits per heavy atom. The summed E-state index contributed by atoms with van der Waals surface area (Å²) in [5.41, 5.74) is 3.32. The Kier molecular flexibility index (Phi) is 11.9. The number of imidazole rings is 1. The highest BCUT2D eigenvalue weighted by atomic mass is 32.1. The fraction of sp³-hybridized carbons (Fsp3) is 0.541. The third-order valence-corrected chi connectivity index (χ3v) is 10.3. The lowest BCUT2D eigenvalue weighted by Crippen LogP contribution is -2.46. The zero-order valence-corrected chi connectivity index (χ0v) is 28.6. The van der Waals surface area contributed by atoms with Crippen molar-refractivity contribution in [1.82, 2.24) is 19.5 Å². The van der Waals surface area contributed by atoms with Crippen LogP contribution < -0.4 is 4.74 Å². The average molecular weight is 661 g/mol. The zero-order chi connectivity index (χ0) is 32.4. The fourth-order valence-electron chi connectivity index (χ4n) is 6.70. The van der Waals surface area contributed by atoms with Crippen molar-refractivity contribution in [3.63, 3.8) is 0 Å². The van der Waals surface area contributed by atoms with Crippen LogP contribution >= 0.6 is 11.3 Å². The van der Waals surface area contributed by atoms with Crippen molar-refractivity contribution in [2.24, 2.45) is 0 Å². The van der Waals surface area contributed by atoms with Crippen molar-refractivity contribution >= 4 is 22.3 Å². The summed E-state index contributed by atoms with van der Waals surface area (Å²) in [5.74, 6) is 0.599. The lowest BCUT2D eigenvalue weighted by molar-refractivity contribution is -0.00422. The fourth-order valence-corrected chi connectivity index (χ4v) is 7.59. The van der Waals surface area contributed by atoms with Crippen LogP contribution in [0.4, 0.5) is 0 Å². The highest BCUT2D eigenvalue weighted by molar-refractivity contribution is 7.19. The number of ether oxygens (including phenoxy) is 4. The number of carbonyl (C=O) groups is 1. The lowest BCUT2D eigenvalue weighted by atomic mass is 9.90. The normalized spacial score (nSPS) is 19.3. The van der Waals surface area contributed by atoms with Crippen molar-refractivity contribution < 1.29 is 23.7 Å². The molecule has 1 saturated heterocycles. The monoisotopic (exact) mass is 660 g/mol. The van der Waals surface area contributed by atoms with Gasteiger partial charge in [-0.3, -0.25) is 0 Å². The molecule has 0 amide bonds. The Bertz CT molecular complexity index is 1510. The molecule has 1 saturated carbocycles. The Hall–Kier alpha value is -3.31. The van der Waals surface area contributed by atoms with E-state index in [1.54, 1.807) is 37.5 Å². The van der Waals surface area contributed by atoms with Crippen LogP contribution in [0.2, 0.25) is 0 Å². The number of likely N-dealkylation sites (tertiary alicyclic amines) is 1. The molecule has 10 heteroatoms. The number of unbranched alkanes of at least 4 members (excludes halogenated alkanes) is 3. The van der Waals surface area contributed by atoms with Crippen LogP contribution in [0.15, 0.2) is 54.7 Å². The number of hydrogen-bond acceptors (Lipinski definition) is 9. The van der Waals surface area contributed by atoms with E-state index >= 15 is 0 Å². The minimum Gasteiger partial charge on any atom is -0.490 e. The van der Waals surface area contributed by atoms with Crippen molar-refractivity contribution in [2.75, 3.05) is 40.0 Å². The number of esters is 1. The molecule has 1 aliphatic carbocycles. The molecular weight excluding hydrogens is 612 g/mol. The van der Waals surface area contributed by atoms with Crippen LogP contribution in [0.1, 0.15) is 81.5 Å². The minimum absolute atomic E-state index is 0.258. The molecule has 0 atom stereocenters. The second kappa shape index (κ2) is 16.7. The molecule has 4 aromatic rings. The van der Waals surface area contributed by atoms with E-state index in [2.05, 4.69) is 29.2 Å². The first-order valence-corrected chi connectivity index (χ1v) is 18.2. The van der Waals surface area contributed by atoms with Crippen LogP contribution in [0.5, 0.6) is 5.75 Å². The number of aromatic nitrogens is 3. The molecule has 0 unspecified atom stereocenters. The van der Waals surface area contributed by atoms with Gasteiger partial charge in [0, 0.05) is 50.6 Å². The van der Waals surface area contributed by atoms with Crippen LogP contribution in [0, 0.1) is 0 Å². The van der Waals surface area contributed by atoms with E-state index in [1.807, 2.05) is 22.8 Å². The van der Waals surface area contributed by atoms with Crippen molar-refractivity contribution in [1.29, 1.82) is 0 Å². The van der Waals surface area contributed by atoms with Crippen LogP contribution in [-0.4, -0.2) is 83.7 Å². The smallest absolute Gasteiger partial charge is 0.338 e. The van der Waals surface area contributed by atoms with Gasteiger partial charge in [0.15, 0.2) is 0 Å². The van der Waals surface area contributed by atoms with Crippen molar-refractivity contribution in [3.8, 4) is 27.6 Å². The van der Waals surface area contributed by atoms with Crippen molar-refractivity contribution in [2.45, 2.75) is 89.4 Å². The molecule has 0 N–H and O–H groups in total. The van der Waals surface area contributed by atoms with E-state index in [0.29, 0.717) is 24.3 Å². The highest BCUT2D eigenvalue weighted by Gasteiger charge is 2.30. The number of nitrogens with zero attached hydrogens (tertiary/aromatic N) is 4. The topological polar surface area (TPSA) is 87.4 Å². The maximum atomic E-state index is 11.9. The molecule has 0 radical (unpaired) electrons. The van der Waals surface area contributed by atoms with E-state index in [9.17, 15) is 4.79 Å². The van der Waals surface area contributed by atoms with E-state index in [0.717, 1.165) is 78.1 Å². The SMILES string of the molecule is CCOC(=O)c1ccc(-c2cn3nc(-c4ccc(OC5CCN(C6CCC(OCCCCCCOC)CC6)CC5)cc4)sc3n2)cc1. The molecular formula is C37H48N4O5S. The Morgan fingerprint density at radius 1 is 0.851 bits per heavy atom. The second-order valence-corrected chi connectivity index (χ2v) is 13.6. The molecule has 9 nitrogen and oxygen atoms in total. The third kappa shape index (κ3) is 8.99. The average Bonchev–Trinajstić information content (AvgIpc) is 3.69. The number of hydrogen-bond donors (Lipinski definition) is 0. The summed E-state index contributed by atoms with van der Waals surface area (Å²) in [5, 5.41) is 5.69. The van der Waals surface area contributed by atoms with Gasteiger partial charge < -0.3 is 23.8 Å². The Labute approximate surface area is 282 Å². The van der Waals surface area contributed by atoms with E-state index in [-0.39, 0.29) is 12.1 Å². The number of benzene rings is 2. The summed E-state index contributed by atoms with van der Waals surface area (Å²) < 4.78 is 24.6. The molecule has 6 rings (SSSR count). The largest absolute Gasteiger partial charge is 0.490 e. The van der Waals surface area contributed by atoms with Gasteiger partial charge in [-0.05, 0) is 94.7 Å². The molecule has 0 spiro atoms. The second-order valence-electron chi connectivity index (χ2n) is 12.6. The van der Waals surface area contributed by atoms with Crippen LogP contribution in [0.3, 0.4) is 0 Å². The number of rotatable bonds is 15. The predicted molar refractivity (Wildman–Crippen MR) is 185 cm³/mol. The van der Waals surface area contributed by atoms with Gasteiger partial charge in [-0.25, -0.2) is 14.3 Å². The molecule has 0 bridgehead atoms. The maximum absolute atomic E-state index is 11.9. The molecule has 3 heterocycles. The molecule has 1 aliphatic heterocycles. The van der Waals surface area contributed by atoms with Gasteiger partial charge in [0.05, 0.1) is 30.2 Å².